The predicted octanol–water partition coefficient (Wildman–Crippen LogP) is 0.238. The zero-order chi connectivity index (χ0) is 20.1. The van der Waals surface area contributed by atoms with Gasteiger partial charge in [-0.05, 0) is 37.1 Å². The van der Waals surface area contributed by atoms with Crippen molar-refractivity contribution < 1.29 is 27.1 Å². The van der Waals surface area contributed by atoms with Gasteiger partial charge in [-0.25, -0.2) is 17.5 Å². The molecule has 1 aliphatic rings. The minimum atomic E-state index is -3.48. The Labute approximate surface area is 157 Å². The fourth-order valence-corrected chi connectivity index (χ4v) is 3.56. The van der Waals surface area contributed by atoms with E-state index in [1.165, 1.54) is 29.2 Å². The smallest absolute Gasteiger partial charge is 0.237 e. The van der Waals surface area contributed by atoms with Crippen LogP contribution in [0, 0.1) is 11.2 Å². The van der Waals surface area contributed by atoms with E-state index in [0.717, 1.165) is 6.26 Å². The maximum atomic E-state index is 13.0. The van der Waals surface area contributed by atoms with Crippen LogP contribution in [0.5, 0.6) is 5.75 Å². The molecule has 2 amide bonds. The Morgan fingerprint density at radius 1 is 1.33 bits per heavy atom. The van der Waals surface area contributed by atoms with Gasteiger partial charge in [0, 0.05) is 24.9 Å². The molecule has 1 aromatic carbocycles. The van der Waals surface area contributed by atoms with Gasteiger partial charge >= 0.3 is 0 Å². The molecule has 0 aliphatic carbocycles. The highest BCUT2D eigenvalue weighted by molar-refractivity contribution is 7.88. The van der Waals surface area contributed by atoms with Gasteiger partial charge in [0.05, 0.1) is 19.4 Å². The van der Waals surface area contributed by atoms with Crippen LogP contribution in [-0.4, -0.2) is 57.6 Å². The molecule has 1 heterocycles. The van der Waals surface area contributed by atoms with E-state index in [0.29, 0.717) is 25.1 Å². The Morgan fingerprint density at radius 3 is 2.59 bits per heavy atom. The van der Waals surface area contributed by atoms with Crippen LogP contribution in [0.15, 0.2) is 24.3 Å². The van der Waals surface area contributed by atoms with Gasteiger partial charge in [0.1, 0.15) is 11.6 Å². The fourth-order valence-electron chi connectivity index (χ4n) is 3.18. The van der Waals surface area contributed by atoms with Crippen LogP contribution in [0.25, 0.3) is 0 Å². The number of hydrogen-bond acceptors (Lipinski definition) is 5. The summed E-state index contributed by atoms with van der Waals surface area (Å²) in [6, 6.07) is 5.50. The summed E-state index contributed by atoms with van der Waals surface area (Å²) in [6.45, 7) is 0.470. The topological polar surface area (TPSA) is 119 Å². The van der Waals surface area contributed by atoms with Crippen molar-refractivity contribution in [2.24, 2.45) is 11.1 Å². The first kappa shape index (κ1) is 21.1. The third-order valence-electron chi connectivity index (χ3n) is 4.41. The Morgan fingerprint density at radius 2 is 2.00 bits per heavy atom. The van der Waals surface area contributed by atoms with E-state index in [1.54, 1.807) is 0 Å². The van der Waals surface area contributed by atoms with Crippen molar-refractivity contribution in [1.29, 1.82) is 0 Å². The number of likely N-dealkylation sites (tertiary alicyclic amines) is 1. The van der Waals surface area contributed by atoms with Crippen LogP contribution in [0.4, 0.5) is 4.39 Å². The molecular formula is C17H24FN3O5S. The minimum Gasteiger partial charge on any atom is -0.493 e. The molecule has 0 saturated carbocycles. The molecule has 0 radical (unpaired) electrons. The standard InChI is InChI=1S/C17H24FN3O5S/c1-27(24,25)20-10-16(23)21-8-2-7-17(11-21,9-15(19)22)12-26-14-5-3-13(18)4-6-14/h3-6,20H,2,7-12H2,1H3,(H2,19,22)/t17-/m1/s1. The molecule has 10 heteroatoms. The molecule has 27 heavy (non-hydrogen) atoms. The molecule has 1 fully saturated rings. The second-order valence-corrected chi connectivity index (χ2v) is 8.73. The van der Waals surface area contributed by atoms with Crippen molar-refractivity contribution in [2.45, 2.75) is 19.3 Å². The number of carbonyl (C=O) groups is 2. The van der Waals surface area contributed by atoms with E-state index >= 15 is 0 Å². The zero-order valence-corrected chi connectivity index (χ0v) is 15.9. The number of nitrogens with one attached hydrogen (secondary N) is 1. The largest absolute Gasteiger partial charge is 0.493 e. The van der Waals surface area contributed by atoms with Crippen molar-refractivity contribution in [3.05, 3.63) is 30.1 Å². The van der Waals surface area contributed by atoms with E-state index < -0.39 is 21.3 Å². The lowest BCUT2D eigenvalue weighted by atomic mass is 9.77. The van der Waals surface area contributed by atoms with Gasteiger partial charge < -0.3 is 15.4 Å². The highest BCUT2D eigenvalue weighted by Gasteiger charge is 2.39. The third-order valence-corrected chi connectivity index (χ3v) is 5.08. The highest BCUT2D eigenvalue weighted by atomic mass is 32.2. The van der Waals surface area contributed by atoms with Crippen LogP contribution < -0.4 is 15.2 Å². The lowest BCUT2D eigenvalue weighted by molar-refractivity contribution is -0.136. The number of halogens is 1. The van der Waals surface area contributed by atoms with Crippen LogP contribution >= 0.6 is 0 Å². The number of nitrogens with zero attached hydrogens (tertiary/aromatic N) is 1. The number of hydrogen-bond donors (Lipinski definition) is 2. The first-order valence-electron chi connectivity index (χ1n) is 8.48. The van der Waals surface area contributed by atoms with Gasteiger partial charge in [0.2, 0.25) is 21.8 Å². The lowest BCUT2D eigenvalue weighted by Gasteiger charge is -2.42. The van der Waals surface area contributed by atoms with E-state index in [4.69, 9.17) is 10.5 Å². The normalized spacial score (nSPS) is 20.3. The SMILES string of the molecule is CS(=O)(=O)NCC(=O)N1CCC[C@@](COc2ccc(F)cc2)(CC(N)=O)C1. The van der Waals surface area contributed by atoms with Gasteiger partial charge in [0.15, 0.2) is 0 Å². The highest BCUT2D eigenvalue weighted by Crippen LogP contribution is 2.34. The number of benzene rings is 1. The molecule has 0 bridgehead atoms. The lowest BCUT2D eigenvalue weighted by Crippen LogP contribution is -2.52. The maximum Gasteiger partial charge on any atom is 0.237 e. The number of sulfonamides is 1. The Bertz CT molecular complexity index is 784. The molecule has 3 N–H and O–H groups in total. The molecule has 1 atom stereocenters. The number of nitrogens with two attached hydrogens (primary N) is 1. The second kappa shape index (κ2) is 8.66. The quantitative estimate of drug-likeness (QED) is 0.647. The third kappa shape index (κ3) is 6.79. The summed E-state index contributed by atoms with van der Waals surface area (Å²) in [6.07, 6.45) is 2.26. The van der Waals surface area contributed by atoms with Gasteiger partial charge in [-0.15, -0.1) is 0 Å². The maximum absolute atomic E-state index is 13.0. The van der Waals surface area contributed by atoms with Gasteiger partial charge in [-0.1, -0.05) is 0 Å². The number of primary amides is 1. The monoisotopic (exact) mass is 401 g/mol. The van der Waals surface area contributed by atoms with Crippen LogP contribution in [-0.2, 0) is 19.6 Å². The van der Waals surface area contributed by atoms with Crippen molar-refractivity contribution in [2.75, 3.05) is 32.5 Å². The van der Waals surface area contributed by atoms with Crippen LogP contribution in [0.3, 0.4) is 0 Å². The zero-order valence-electron chi connectivity index (χ0n) is 15.1. The summed E-state index contributed by atoms with van der Waals surface area (Å²) in [4.78, 5) is 25.4. The predicted molar refractivity (Wildman–Crippen MR) is 96.8 cm³/mol. The summed E-state index contributed by atoms with van der Waals surface area (Å²) >= 11 is 0. The number of rotatable bonds is 8. The minimum absolute atomic E-state index is 0.0253. The van der Waals surface area contributed by atoms with Crippen LogP contribution in [0.2, 0.25) is 0 Å². The molecular weight excluding hydrogens is 377 g/mol. The average Bonchev–Trinajstić information content (AvgIpc) is 2.58. The number of piperidine rings is 1. The molecule has 0 unspecified atom stereocenters. The van der Waals surface area contributed by atoms with E-state index in [1.807, 2.05) is 0 Å². The molecule has 1 aliphatic heterocycles. The van der Waals surface area contributed by atoms with E-state index in [-0.39, 0.29) is 37.8 Å². The summed E-state index contributed by atoms with van der Waals surface area (Å²) in [5.74, 6) is -0.832. The molecule has 0 aromatic heterocycles. The number of amides is 2. The van der Waals surface area contributed by atoms with Crippen molar-refractivity contribution in [1.82, 2.24) is 9.62 Å². The molecule has 8 nitrogen and oxygen atoms in total. The Kier molecular flexibility index (Phi) is 6.77. The Hall–Kier alpha value is -2.20. The summed E-state index contributed by atoms with van der Waals surface area (Å²) in [7, 11) is -3.48. The van der Waals surface area contributed by atoms with Crippen molar-refractivity contribution in [3.8, 4) is 5.75 Å². The van der Waals surface area contributed by atoms with Gasteiger partial charge in [0.25, 0.3) is 0 Å². The first-order valence-corrected chi connectivity index (χ1v) is 10.4. The van der Waals surface area contributed by atoms with E-state index in [2.05, 4.69) is 4.72 Å². The van der Waals surface area contributed by atoms with Crippen LogP contribution in [0.1, 0.15) is 19.3 Å². The summed E-state index contributed by atoms with van der Waals surface area (Å²) in [5, 5.41) is 0. The molecule has 0 spiro atoms. The molecule has 1 saturated heterocycles. The van der Waals surface area contributed by atoms with Gasteiger partial charge in [-0.2, -0.15) is 0 Å². The Balaban J connectivity index is 2.07. The summed E-state index contributed by atoms with van der Waals surface area (Å²) < 4.78 is 43.3. The number of ether oxygens (including phenoxy) is 1. The van der Waals surface area contributed by atoms with Crippen molar-refractivity contribution >= 4 is 21.8 Å². The molecule has 2 rings (SSSR count). The summed E-state index contributed by atoms with van der Waals surface area (Å²) in [5.41, 5.74) is 4.71. The van der Waals surface area contributed by atoms with E-state index in [9.17, 15) is 22.4 Å². The first-order chi connectivity index (χ1) is 12.6. The average molecular weight is 401 g/mol. The van der Waals surface area contributed by atoms with Crippen molar-refractivity contribution in [3.63, 3.8) is 0 Å². The fraction of sp³-hybridized carbons (Fsp3) is 0.529. The molecule has 1 aromatic rings. The molecule has 150 valence electrons. The number of carbonyl (C=O) groups excluding carboxylic acids is 2. The van der Waals surface area contributed by atoms with Gasteiger partial charge in [-0.3, -0.25) is 9.59 Å². The second-order valence-electron chi connectivity index (χ2n) is 6.90.